The van der Waals surface area contributed by atoms with E-state index in [2.05, 4.69) is 10.4 Å². The standard InChI is InChI=1S/C21H17FN4O/c1-15-7-9-18(10-8-15)26-21(25-11-2-3-12-25)19(14-23-26)20(27)24-17-6-4-5-16(22)13-17/h2-14H,1H3,(H,24,27). The number of nitrogens with one attached hydrogen (secondary N) is 1. The molecule has 0 aliphatic carbocycles. The number of aryl methyl sites for hydroxylation is 1. The van der Waals surface area contributed by atoms with Gasteiger partial charge in [-0.3, -0.25) is 4.79 Å². The molecule has 0 bridgehead atoms. The fraction of sp³-hybridized carbons (Fsp3) is 0.0476. The maximum Gasteiger partial charge on any atom is 0.261 e. The lowest BCUT2D eigenvalue weighted by Gasteiger charge is -2.11. The third-order valence-electron chi connectivity index (χ3n) is 4.20. The van der Waals surface area contributed by atoms with Crippen LogP contribution in [0.25, 0.3) is 11.5 Å². The molecular weight excluding hydrogens is 343 g/mol. The van der Waals surface area contributed by atoms with Crippen LogP contribution in [-0.2, 0) is 0 Å². The first-order valence-corrected chi connectivity index (χ1v) is 8.47. The minimum atomic E-state index is -0.409. The predicted octanol–water partition coefficient (Wildman–Crippen LogP) is 4.36. The molecule has 0 radical (unpaired) electrons. The third kappa shape index (κ3) is 3.37. The summed E-state index contributed by atoms with van der Waals surface area (Å²) < 4.78 is 16.9. The first-order valence-electron chi connectivity index (χ1n) is 8.47. The van der Waals surface area contributed by atoms with Gasteiger partial charge in [0.2, 0.25) is 0 Å². The summed E-state index contributed by atoms with van der Waals surface area (Å²) in [5.74, 6) is -0.158. The Bertz CT molecular complexity index is 1080. The topological polar surface area (TPSA) is 51.9 Å². The molecule has 27 heavy (non-hydrogen) atoms. The fourth-order valence-electron chi connectivity index (χ4n) is 2.87. The fourth-order valence-corrected chi connectivity index (χ4v) is 2.87. The number of carbonyl (C=O) groups excluding carboxylic acids is 1. The van der Waals surface area contributed by atoms with E-state index in [1.54, 1.807) is 16.8 Å². The van der Waals surface area contributed by atoms with Gasteiger partial charge in [-0.2, -0.15) is 5.10 Å². The van der Waals surface area contributed by atoms with Crippen molar-refractivity contribution in [2.24, 2.45) is 0 Å². The van der Waals surface area contributed by atoms with E-state index in [9.17, 15) is 9.18 Å². The number of halogens is 1. The normalized spacial score (nSPS) is 10.7. The summed E-state index contributed by atoms with van der Waals surface area (Å²) in [4.78, 5) is 12.8. The molecule has 0 aliphatic rings. The van der Waals surface area contributed by atoms with Gasteiger partial charge in [-0.25, -0.2) is 9.07 Å². The molecule has 6 heteroatoms. The monoisotopic (exact) mass is 360 g/mol. The van der Waals surface area contributed by atoms with Crippen LogP contribution in [0.4, 0.5) is 10.1 Å². The molecular formula is C21H17FN4O. The van der Waals surface area contributed by atoms with Gasteiger partial charge in [0.05, 0.1) is 11.9 Å². The molecule has 134 valence electrons. The van der Waals surface area contributed by atoms with Crippen LogP contribution in [0.5, 0.6) is 0 Å². The Kier molecular flexibility index (Phi) is 4.30. The number of aromatic nitrogens is 3. The van der Waals surface area contributed by atoms with Crippen molar-refractivity contribution >= 4 is 11.6 Å². The molecule has 5 nitrogen and oxygen atoms in total. The van der Waals surface area contributed by atoms with Crippen molar-refractivity contribution in [2.45, 2.75) is 6.92 Å². The molecule has 0 fully saturated rings. The molecule has 4 rings (SSSR count). The summed E-state index contributed by atoms with van der Waals surface area (Å²) in [5, 5.41) is 7.14. The highest BCUT2D eigenvalue weighted by molar-refractivity contribution is 6.06. The van der Waals surface area contributed by atoms with E-state index >= 15 is 0 Å². The number of carbonyl (C=O) groups is 1. The Balaban J connectivity index is 1.77. The van der Waals surface area contributed by atoms with Crippen molar-refractivity contribution in [2.75, 3.05) is 5.32 Å². The predicted molar refractivity (Wildman–Crippen MR) is 102 cm³/mol. The zero-order chi connectivity index (χ0) is 18.8. The molecule has 2 heterocycles. The van der Waals surface area contributed by atoms with E-state index in [4.69, 9.17) is 0 Å². The van der Waals surface area contributed by atoms with Crippen molar-refractivity contribution in [3.63, 3.8) is 0 Å². The third-order valence-corrected chi connectivity index (χ3v) is 4.20. The molecule has 1 N–H and O–H groups in total. The lowest BCUT2D eigenvalue weighted by Crippen LogP contribution is -2.15. The second-order valence-electron chi connectivity index (χ2n) is 6.18. The summed E-state index contributed by atoms with van der Waals surface area (Å²) in [6, 6.07) is 17.4. The lowest BCUT2D eigenvalue weighted by molar-refractivity contribution is 0.102. The second-order valence-corrected chi connectivity index (χ2v) is 6.18. The average molecular weight is 360 g/mol. The van der Waals surface area contributed by atoms with Crippen LogP contribution in [-0.4, -0.2) is 20.3 Å². The van der Waals surface area contributed by atoms with Crippen LogP contribution < -0.4 is 5.32 Å². The van der Waals surface area contributed by atoms with Crippen molar-refractivity contribution < 1.29 is 9.18 Å². The molecule has 1 amide bonds. The van der Waals surface area contributed by atoms with Crippen LogP contribution in [0.15, 0.2) is 79.3 Å². The smallest absolute Gasteiger partial charge is 0.261 e. The summed E-state index contributed by atoms with van der Waals surface area (Å²) >= 11 is 0. The van der Waals surface area contributed by atoms with E-state index in [1.807, 2.05) is 60.3 Å². The van der Waals surface area contributed by atoms with Gasteiger partial charge in [-0.1, -0.05) is 23.8 Å². The van der Waals surface area contributed by atoms with Crippen molar-refractivity contribution in [3.05, 3.63) is 96.2 Å². The summed E-state index contributed by atoms with van der Waals surface area (Å²) in [7, 11) is 0. The Hall–Kier alpha value is -3.67. The van der Waals surface area contributed by atoms with E-state index in [0.29, 0.717) is 17.1 Å². The molecule has 0 aliphatic heterocycles. The van der Waals surface area contributed by atoms with E-state index in [0.717, 1.165) is 11.3 Å². The first-order chi connectivity index (χ1) is 13.1. The van der Waals surface area contributed by atoms with Crippen LogP contribution in [0.2, 0.25) is 0 Å². The average Bonchev–Trinajstić information content (AvgIpc) is 3.32. The number of hydrogen-bond donors (Lipinski definition) is 1. The van der Waals surface area contributed by atoms with Gasteiger partial charge < -0.3 is 9.88 Å². The number of amides is 1. The van der Waals surface area contributed by atoms with Gasteiger partial charge in [0, 0.05) is 18.1 Å². The zero-order valence-electron chi connectivity index (χ0n) is 14.6. The maximum absolute atomic E-state index is 13.4. The molecule has 2 aromatic heterocycles. The molecule has 0 saturated heterocycles. The van der Waals surface area contributed by atoms with Gasteiger partial charge in [0.1, 0.15) is 11.4 Å². The molecule has 4 aromatic rings. The molecule has 2 aromatic carbocycles. The first kappa shape index (κ1) is 16.8. The summed E-state index contributed by atoms with van der Waals surface area (Å²) in [6.07, 6.45) is 5.21. The lowest BCUT2D eigenvalue weighted by atomic mass is 10.2. The number of anilines is 1. The van der Waals surface area contributed by atoms with Crippen LogP contribution in [0.1, 0.15) is 15.9 Å². The van der Waals surface area contributed by atoms with Crippen molar-refractivity contribution in [1.82, 2.24) is 14.3 Å². The van der Waals surface area contributed by atoms with Crippen molar-refractivity contribution in [3.8, 4) is 11.5 Å². The number of benzene rings is 2. The van der Waals surface area contributed by atoms with E-state index in [1.165, 1.54) is 18.3 Å². The highest BCUT2D eigenvalue weighted by Crippen LogP contribution is 2.21. The van der Waals surface area contributed by atoms with E-state index in [-0.39, 0.29) is 5.91 Å². The Morgan fingerprint density at radius 3 is 2.48 bits per heavy atom. The SMILES string of the molecule is Cc1ccc(-n2ncc(C(=O)Nc3cccc(F)c3)c2-n2cccc2)cc1. The highest BCUT2D eigenvalue weighted by atomic mass is 19.1. The van der Waals surface area contributed by atoms with Crippen LogP contribution >= 0.6 is 0 Å². The summed E-state index contributed by atoms with van der Waals surface area (Å²) in [5.41, 5.74) is 2.75. The van der Waals surface area contributed by atoms with Gasteiger partial charge in [-0.15, -0.1) is 0 Å². The highest BCUT2D eigenvalue weighted by Gasteiger charge is 2.20. The van der Waals surface area contributed by atoms with E-state index < -0.39 is 5.82 Å². The zero-order valence-corrected chi connectivity index (χ0v) is 14.6. The Morgan fingerprint density at radius 1 is 1.04 bits per heavy atom. The number of rotatable bonds is 4. The van der Waals surface area contributed by atoms with Crippen LogP contribution in [0, 0.1) is 12.7 Å². The van der Waals surface area contributed by atoms with Gasteiger partial charge in [0.25, 0.3) is 5.91 Å². The second kappa shape index (κ2) is 6.92. The Morgan fingerprint density at radius 2 is 1.78 bits per heavy atom. The molecule has 0 spiro atoms. The Labute approximate surface area is 155 Å². The van der Waals surface area contributed by atoms with Crippen molar-refractivity contribution in [1.29, 1.82) is 0 Å². The number of hydrogen-bond acceptors (Lipinski definition) is 2. The minimum absolute atomic E-state index is 0.359. The maximum atomic E-state index is 13.4. The van der Waals surface area contributed by atoms with Gasteiger partial charge in [-0.05, 0) is 49.4 Å². The molecule has 0 atom stereocenters. The summed E-state index contributed by atoms with van der Waals surface area (Å²) in [6.45, 7) is 2.01. The molecule has 0 unspecified atom stereocenters. The minimum Gasteiger partial charge on any atom is -0.322 e. The molecule has 0 saturated carbocycles. The largest absolute Gasteiger partial charge is 0.322 e. The quantitative estimate of drug-likeness (QED) is 0.588. The van der Waals surface area contributed by atoms with Crippen LogP contribution in [0.3, 0.4) is 0 Å². The van der Waals surface area contributed by atoms with Gasteiger partial charge >= 0.3 is 0 Å². The number of nitrogens with zero attached hydrogens (tertiary/aromatic N) is 3. The van der Waals surface area contributed by atoms with Gasteiger partial charge in [0.15, 0.2) is 5.82 Å².